The van der Waals surface area contributed by atoms with Crippen LogP contribution in [0.1, 0.15) is 33.6 Å². The van der Waals surface area contributed by atoms with Crippen LogP contribution in [0.3, 0.4) is 0 Å². The van der Waals surface area contributed by atoms with E-state index in [0.717, 1.165) is 16.4 Å². The van der Waals surface area contributed by atoms with E-state index in [1.165, 1.54) is 12.8 Å². The molecular weight excluding hydrogens is 128 g/mol. The fraction of sp³-hybridized carbons (Fsp3) is 1.00. The highest BCUT2D eigenvalue weighted by Crippen LogP contribution is 2.38. The maximum atomic E-state index is 2.36. The fourth-order valence-electron chi connectivity index (χ4n) is 1.19. The summed E-state index contributed by atoms with van der Waals surface area (Å²) in [5, 5.41) is 1.82. The van der Waals surface area contributed by atoms with Crippen LogP contribution in [0.25, 0.3) is 0 Å². The van der Waals surface area contributed by atoms with E-state index in [2.05, 4.69) is 32.5 Å². The van der Waals surface area contributed by atoms with Crippen molar-refractivity contribution in [3.63, 3.8) is 0 Å². The van der Waals surface area contributed by atoms with Crippen LogP contribution in [-0.2, 0) is 0 Å². The van der Waals surface area contributed by atoms with Gasteiger partial charge in [-0.25, -0.2) is 0 Å². The number of thioether (sulfide) groups is 1. The molecule has 0 nitrogen and oxygen atoms in total. The third-order valence-electron chi connectivity index (χ3n) is 1.99. The lowest BCUT2D eigenvalue weighted by atomic mass is 9.87. The third-order valence-corrected chi connectivity index (χ3v) is 3.58. The smallest absolute Gasteiger partial charge is 0.00753 e. The minimum Gasteiger partial charge on any atom is -0.155 e. The van der Waals surface area contributed by atoms with Gasteiger partial charge in [0.05, 0.1) is 0 Å². The zero-order valence-corrected chi connectivity index (χ0v) is 7.37. The van der Waals surface area contributed by atoms with Gasteiger partial charge in [0.15, 0.2) is 0 Å². The zero-order chi connectivity index (χ0) is 6.85. The Morgan fingerprint density at radius 1 is 1.33 bits per heavy atom. The predicted octanol–water partition coefficient (Wildman–Crippen LogP) is 2.93. The van der Waals surface area contributed by atoms with Crippen molar-refractivity contribution in [2.45, 2.75) is 44.1 Å². The predicted molar refractivity (Wildman–Crippen MR) is 44.9 cm³/mol. The molecule has 0 aliphatic heterocycles. The topological polar surface area (TPSA) is 0 Å². The molecular formula is C8H16S. The van der Waals surface area contributed by atoms with Crippen LogP contribution >= 0.6 is 11.8 Å². The number of hydrogen-bond acceptors (Lipinski definition) is 1. The van der Waals surface area contributed by atoms with Gasteiger partial charge in [-0.1, -0.05) is 20.8 Å². The van der Waals surface area contributed by atoms with Crippen LogP contribution in [0.15, 0.2) is 0 Å². The summed E-state index contributed by atoms with van der Waals surface area (Å²) in [6.45, 7) is 6.94. The number of rotatable bonds is 2. The molecule has 0 amide bonds. The van der Waals surface area contributed by atoms with Crippen molar-refractivity contribution in [1.29, 1.82) is 0 Å². The van der Waals surface area contributed by atoms with Gasteiger partial charge in [0.25, 0.3) is 0 Å². The summed E-state index contributed by atoms with van der Waals surface area (Å²) in [4.78, 5) is 0. The summed E-state index contributed by atoms with van der Waals surface area (Å²) in [6, 6.07) is 0. The molecule has 1 fully saturated rings. The van der Waals surface area contributed by atoms with Gasteiger partial charge in [0.2, 0.25) is 0 Å². The Hall–Kier alpha value is 0.350. The van der Waals surface area contributed by atoms with Crippen LogP contribution < -0.4 is 0 Å². The molecule has 0 aromatic heterocycles. The first-order valence-electron chi connectivity index (χ1n) is 3.85. The Morgan fingerprint density at radius 3 is 2.11 bits per heavy atom. The van der Waals surface area contributed by atoms with Gasteiger partial charge >= 0.3 is 0 Å². The number of hydrogen-bond donors (Lipinski definition) is 0. The van der Waals surface area contributed by atoms with E-state index >= 15 is 0 Å². The van der Waals surface area contributed by atoms with Gasteiger partial charge < -0.3 is 0 Å². The molecule has 0 aromatic rings. The molecule has 2 atom stereocenters. The SMILES string of the molecule is CC(C)SC1CCC1C. The summed E-state index contributed by atoms with van der Waals surface area (Å²) in [5.74, 6) is 0.998. The Kier molecular flexibility index (Phi) is 2.45. The minimum absolute atomic E-state index is 0.831. The quantitative estimate of drug-likeness (QED) is 0.574. The Labute approximate surface area is 62.4 Å². The molecule has 1 heteroatoms. The molecule has 0 bridgehead atoms. The third kappa shape index (κ3) is 1.89. The highest BCUT2D eigenvalue weighted by atomic mass is 32.2. The molecule has 1 aliphatic carbocycles. The second-order valence-corrected chi connectivity index (χ2v) is 5.10. The van der Waals surface area contributed by atoms with E-state index in [-0.39, 0.29) is 0 Å². The lowest BCUT2D eigenvalue weighted by molar-refractivity contribution is 0.362. The zero-order valence-electron chi connectivity index (χ0n) is 6.55. The first-order valence-corrected chi connectivity index (χ1v) is 4.80. The van der Waals surface area contributed by atoms with E-state index in [9.17, 15) is 0 Å². The molecule has 0 spiro atoms. The molecule has 9 heavy (non-hydrogen) atoms. The van der Waals surface area contributed by atoms with Crippen LogP contribution in [-0.4, -0.2) is 10.5 Å². The van der Waals surface area contributed by atoms with Gasteiger partial charge in [-0.3, -0.25) is 0 Å². The lowest BCUT2D eigenvalue weighted by Gasteiger charge is -2.34. The molecule has 0 heterocycles. The van der Waals surface area contributed by atoms with Gasteiger partial charge in [-0.15, -0.1) is 0 Å². The van der Waals surface area contributed by atoms with Crippen molar-refractivity contribution < 1.29 is 0 Å². The van der Waals surface area contributed by atoms with Crippen molar-refractivity contribution in [2.75, 3.05) is 0 Å². The Balaban J connectivity index is 2.13. The minimum atomic E-state index is 0.831. The molecule has 0 N–H and O–H groups in total. The average molecular weight is 144 g/mol. The van der Waals surface area contributed by atoms with Gasteiger partial charge in [-0.2, -0.15) is 11.8 Å². The maximum absolute atomic E-state index is 2.36. The van der Waals surface area contributed by atoms with Crippen LogP contribution in [0.2, 0.25) is 0 Å². The largest absolute Gasteiger partial charge is 0.155 e. The van der Waals surface area contributed by atoms with E-state index in [0.29, 0.717) is 0 Å². The first-order chi connectivity index (χ1) is 4.20. The van der Waals surface area contributed by atoms with Crippen LogP contribution in [0.4, 0.5) is 0 Å². The molecule has 54 valence electrons. The van der Waals surface area contributed by atoms with Crippen LogP contribution in [0.5, 0.6) is 0 Å². The molecule has 0 radical (unpaired) electrons. The van der Waals surface area contributed by atoms with Crippen molar-refractivity contribution >= 4 is 11.8 Å². The monoisotopic (exact) mass is 144 g/mol. The fourth-order valence-corrected chi connectivity index (χ4v) is 2.56. The average Bonchev–Trinajstić information content (AvgIpc) is 1.79. The van der Waals surface area contributed by atoms with E-state index in [1.807, 2.05) is 0 Å². The molecule has 1 aliphatic rings. The van der Waals surface area contributed by atoms with E-state index < -0.39 is 0 Å². The summed E-state index contributed by atoms with van der Waals surface area (Å²) < 4.78 is 0. The lowest BCUT2D eigenvalue weighted by Crippen LogP contribution is -2.26. The molecule has 2 unspecified atom stereocenters. The maximum Gasteiger partial charge on any atom is 0.00753 e. The molecule has 1 rings (SSSR count). The summed E-state index contributed by atoms with van der Waals surface area (Å²) in [5.41, 5.74) is 0. The second-order valence-electron chi connectivity index (χ2n) is 3.28. The second kappa shape index (κ2) is 2.96. The summed E-state index contributed by atoms with van der Waals surface area (Å²) >= 11 is 2.15. The first kappa shape index (κ1) is 7.46. The van der Waals surface area contributed by atoms with Gasteiger partial charge in [0.1, 0.15) is 0 Å². The Bertz CT molecular complexity index is 88.6. The molecule has 1 saturated carbocycles. The summed E-state index contributed by atoms with van der Waals surface area (Å²) in [6.07, 6.45) is 2.92. The van der Waals surface area contributed by atoms with Crippen LogP contribution in [0, 0.1) is 5.92 Å². The Morgan fingerprint density at radius 2 is 2.00 bits per heavy atom. The van der Waals surface area contributed by atoms with E-state index in [4.69, 9.17) is 0 Å². The van der Waals surface area contributed by atoms with Gasteiger partial charge in [-0.05, 0) is 24.0 Å². The normalized spacial score (nSPS) is 34.7. The standard InChI is InChI=1S/C8H16S/c1-6(2)9-8-5-4-7(8)3/h6-8H,4-5H2,1-3H3. The van der Waals surface area contributed by atoms with Crippen molar-refractivity contribution in [3.05, 3.63) is 0 Å². The molecule has 0 saturated heterocycles. The van der Waals surface area contributed by atoms with E-state index in [1.54, 1.807) is 0 Å². The van der Waals surface area contributed by atoms with Crippen molar-refractivity contribution in [3.8, 4) is 0 Å². The highest BCUT2D eigenvalue weighted by Gasteiger charge is 2.27. The van der Waals surface area contributed by atoms with Crippen molar-refractivity contribution in [2.24, 2.45) is 5.92 Å². The van der Waals surface area contributed by atoms with Crippen molar-refractivity contribution in [1.82, 2.24) is 0 Å². The summed E-state index contributed by atoms with van der Waals surface area (Å²) in [7, 11) is 0. The molecule has 0 aromatic carbocycles. The highest BCUT2D eigenvalue weighted by molar-refractivity contribution is 8.00. The van der Waals surface area contributed by atoms with Gasteiger partial charge in [0, 0.05) is 5.25 Å².